The van der Waals surface area contributed by atoms with Gasteiger partial charge in [0.15, 0.2) is 0 Å². The summed E-state index contributed by atoms with van der Waals surface area (Å²) in [4.78, 5) is 30.8. The zero-order valence-electron chi connectivity index (χ0n) is 16.6. The van der Waals surface area contributed by atoms with Crippen LogP contribution in [-0.2, 0) is 4.79 Å². The maximum absolute atomic E-state index is 13.5. The van der Waals surface area contributed by atoms with Gasteiger partial charge < -0.3 is 10.2 Å². The van der Waals surface area contributed by atoms with Crippen LogP contribution in [0.25, 0.3) is 5.57 Å². The Labute approximate surface area is 175 Å². The van der Waals surface area contributed by atoms with Gasteiger partial charge in [-0.1, -0.05) is 30.3 Å². The predicted molar refractivity (Wildman–Crippen MR) is 112 cm³/mol. The number of nitrogens with zero attached hydrogens (tertiary/aromatic N) is 3. The number of rotatable bonds is 3. The van der Waals surface area contributed by atoms with Crippen molar-refractivity contribution in [3.63, 3.8) is 0 Å². The van der Waals surface area contributed by atoms with Crippen LogP contribution in [-0.4, -0.2) is 46.9 Å². The Morgan fingerprint density at radius 2 is 1.73 bits per heavy atom. The van der Waals surface area contributed by atoms with E-state index in [2.05, 4.69) is 16.3 Å². The number of carbonyl (C=O) groups is 2. The topological polar surface area (TPSA) is 76.4 Å². The van der Waals surface area contributed by atoms with E-state index in [1.165, 1.54) is 0 Å². The lowest BCUT2D eigenvalue weighted by Crippen LogP contribution is -2.60. The minimum absolute atomic E-state index is 0.120. The summed E-state index contributed by atoms with van der Waals surface area (Å²) in [5.41, 5.74) is 2.67. The number of carbonyl (C=O) groups excluding carboxylic acids is 2. The van der Waals surface area contributed by atoms with Gasteiger partial charge in [0.2, 0.25) is 0 Å². The van der Waals surface area contributed by atoms with Crippen LogP contribution < -0.4 is 5.32 Å². The first-order chi connectivity index (χ1) is 14.6. The quantitative estimate of drug-likeness (QED) is 0.863. The molecular formula is C24H22N4O2. The van der Waals surface area contributed by atoms with Crippen molar-refractivity contribution in [1.29, 1.82) is 5.26 Å². The Balaban J connectivity index is 1.65. The van der Waals surface area contributed by atoms with Gasteiger partial charge in [-0.25, -0.2) is 0 Å². The highest BCUT2D eigenvalue weighted by molar-refractivity contribution is 6.12. The third-order valence-electron chi connectivity index (χ3n) is 6.42. The molecule has 6 heteroatoms. The summed E-state index contributed by atoms with van der Waals surface area (Å²) in [5, 5.41) is 12.1. The second-order valence-electron chi connectivity index (χ2n) is 7.98. The summed E-state index contributed by atoms with van der Waals surface area (Å²) in [6.45, 7) is 2.55. The molecule has 6 nitrogen and oxygen atoms in total. The van der Waals surface area contributed by atoms with Crippen LogP contribution in [0.2, 0.25) is 0 Å². The fourth-order valence-electron chi connectivity index (χ4n) is 5.17. The Bertz CT molecular complexity index is 1080. The molecule has 0 aliphatic carbocycles. The lowest BCUT2D eigenvalue weighted by molar-refractivity contribution is -0.137. The van der Waals surface area contributed by atoms with Crippen molar-refractivity contribution >= 4 is 17.4 Å². The standard InChI is InChI=1S/C24H22N4O2/c25-16-17-8-10-18(11-9-17)20-21(26-22(29)19-6-2-1-3-7-19)23(30)28-15-5-14-27-13-4-12-24(20,27)28/h1-3,6-11H,4-5,12-15H2,(H,26,29). The molecule has 3 heterocycles. The van der Waals surface area contributed by atoms with Gasteiger partial charge in [-0.2, -0.15) is 5.26 Å². The lowest BCUT2D eigenvalue weighted by Gasteiger charge is -2.48. The van der Waals surface area contributed by atoms with Gasteiger partial charge in [0.05, 0.1) is 11.6 Å². The molecule has 1 spiro atoms. The number of benzene rings is 2. The van der Waals surface area contributed by atoms with Gasteiger partial charge in [-0.3, -0.25) is 14.5 Å². The van der Waals surface area contributed by atoms with Crippen molar-refractivity contribution < 1.29 is 9.59 Å². The Morgan fingerprint density at radius 1 is 1.00 bits per heavy atom. The van der Waals surface area contributed by atoms with Crippen LogP contribution in [0.1, 0.15) is 40.7 Å². The van der Waals surface area contributed by atoms with Gasteiger partial charge >= 0.3 is 0 Å². The number of nitrogens with one attached hydrogen (secondary N) is 1. The van der Waals surface area contributed by atoms with E-state index in [4.69, 9.17) is 0 Å². The molecule has 2 aromatic carbocycles. The fourth-order valence-corrected chi connectivity index (χ4v) is 5.17. The molecule has 0 aromatic heterocycles. The first kappa shape index (κ1) is 18.6. The second-order valence-corrected chi connectivity index (χ2v) is 7.98. The Hall–Kier alpha value is -3.43. The number of amides is 2. The molecule has 5 rings (SSSR count). The molecule has 0 saturated carbocycles. The summed E-state index contributed by atoms with van der Waals surface area (Å²) in [6, 6.07) is 18.4. The first-order valence-electron chi connectivity index (χ1n) is 10.3. The summed E-state index contributed by atoms with van der Waals surface area (Å²) in [7, 11) is 0. The molecule has 1 N–H and O–H groups in total. The molecule has 3 aliphatic heterocycles. The molecule has 2 saturated heterocycles. The zero-order chi connectivity index (χ0) is 20.7. The van der Waals surface area contributed by atoms with Crippen LogP contribution in [0.5, 0.6) is 0 Å². The SMILES string of the molecule is N#Cc1ccc(C2=C(NC(=O)c3ccccc3)C(=O)N3CCCN4CCCC243)cc1. The molecule has 2 amide bonds. The number of hydrogen-bond acceptors (Lipinski definition) is 4. The Morgan fingerprint density at radius 3 is 2.47 bits per heavy atom. The van der Waals surface area contributed by atoms with Gasteiger partial charge in [-0.05, 0) is 49.1 Å². The van der Waals surface area contributed by atoms with E-state index in [1.54, 1.807) is 24.3 Å². The Kier molecular flexibility index (Phi) is 4.41. The molecule has 0 radical (unpaired) electrons. The van der Waals surface area contributed by atoms with Crippen molar-refractivity contribution in [3.05, 3.63) is 77.0 Å². The van der Waals surface area contributed by atoms with E-state index in [-0.39, 0.29) is 11.8 Å². The van der Waals surface area contributed by atoms with Crippen LogP contribution in [0, 0.1) is 11.3 Å². The van der Waals surface area contributed by atoms with Crippen LogP contribution in [0.4, 0.5) is 0 Å². The third-order valence-corrected chi connectivity index (χ3v) is 6.42. The summed E-state index contributed by atoms with van der Waals surface area (Å²) in [5.74, 6) is -0.406. The highest BCUT2D eigenvalue weighted by Crippen LogP contribution is 2.51. The molecule has 1 atom stereocenters. The van der Waals surface area contributed by atoms with Crippen molar-refractivity contribution in [2.24, 2.45) is 0 Å². The molecule has 2 aromatic rings. The molecule has 1 unspecified atom stereocenters. The minimum atomic E-state index is -0.511. The summed E-state index contributed by atoms with van der Waals surface area (Å²) in [6.07, 6.45) is 2.77. The van der Waals surface area contributed by atoms with E-state index in [0.717, 1.165) is 43.5 Å². The average Bonchev–Trinajstić information content (AvgIpc) is 3.32. The smallest absolute Gasteiger partial charge is 0.272 e. The van der Waals surface area contributed by atoms with Gasteiger partial charge in [0, 0.05) is 30.8 Å². The molecule has 3 aliphatic rings. The zero-order valence-corrected chi connectivity index (χ0v) is 16.6. The highest BCUT2D eigenvalue weighted by atomic mass is 16.2. The van der Waals surface area contributed by atoms with Crippen molar-refractivity contribution in [2.75, 3.05) is 19.6 Å². The summed E-state index contributed by atoms with van der Waals surface area (Å²) < 4.78 is 0. The van der Waals surface area contributed by atoms with E-state index in [0.29, 0.717) is 23.4 Å². The molecule has 2 fully saturated rings. The van der Waals surface area contributed by atoms with E-state index >= 15 is 0 Å². The largest absolute Gasteiger partial charge is 0.317 e. The van der Waals surface area contributed by atoms with Gasteiger partial charge in [0.25, 0.3) is 11.8 Å². The number of hydrogen-bond donors (Lipinski definition) is 1. The minimum Gasteiger partial charge on any atom is -0.317 e. The van der Waals surface area contributed by atoms with Crippen LogP contribution in [0.3, 0.4) is 0 Å². The second kappa shape index (κ2) is 7.12. The maximum atomic E-state index is 13.5. The van der Waals surface area contributed by atoms with Gasteiger partial charge in [-0.15, -0.1) is 0 Å². The number of nitriles is 1. The predicted octanol–water partition coefficient (Wildman–Crippen LogP) is 2.74. The first-order valence-corrected chi connectivity index (χ1v) is 10.3. The maximum Gasteiger partial charge on any atom is 0.272 e. The van der Waals surface area contributed by atoms with Crippen LogP contribution >= 0.6 is 0 Å². The monoisotopic (exact) mass is 398 g/mol. The summed E-state index contributed by atoms with van der Waals surface area (Å²) >= 11 is 0. The van der Waals surface area contributed by atoms with Gasteiger partial charge in [0.1, 0.15) is 11.4 Å². The van der Waals surface area contributed by atoms with Crippen molar-refractivity contribution in [1.82, 2.24) is 15.1 Å². The van der Waals surface area contributed by atoms with Crippen molar-refractivity contribution in [3.8, 4) is 6.07 Å². The molecule has 150 valence electrons. The highest BCUT2D eigenvalue weighted by Gasteiger charge is 2.58. The van der Waals surface area contributed by atoms with Crippen LogP contribution in [0.15, 0.2) is 60.3 Å². The van der Waals surface area contributed by atoms with E-state index in [9.17, 15) is 14.9 Å². The lowest BCUT2D eigenvalue weighted by atomic mass is 9.88. The third kappa shape index (κ3) is 2.66. The molecule has 30 heavy (non-hydrogen) atoms. The van der Waals surface area contributed by atoms with Crippen molar-refractivity contribution in [2.45, 2.75) is 24.9 Å². The molecule has 0 bridgehead atoms. The van der Waals surface area contributed by atoms with E-state index in [1.807, 2.05) is 35.2 Å². The average molecular weight is 398 g/mol. The van der Waals surface area contributed by atoms with E-state index < -0.39 is 5.66 Å². The molecular weight excluding hydrogens is 376 g/mol. The fraction of sp³-hybridized carbons (Fsp3) is 0.292. The normalized spacial score (nSPS) is 23.2.